The molecule has 0 saturated carbocycles. The van der Waals surface area contributed by atoms with E-state index >= 15 is 0 Å². The summed E-state index contributed by atoms with van der Waals surface area (Å²) in [4.78, 5) is 4.54. The van der Waals surface area contributed by atoms with E-state index in [-0.39, 0.29) is 0 Å². The molecule has 2 nitrogen and oxygen atoms in total. The fourth-order valence-corrected chi connectivity index (χ4v) is 2.84. The number of benzene rings is 1. The molecule has 2 heteroatoms. The first kappa shape index (κ1) is 13.6. The molecule has 0 saturated heterocycles. The van der Waals surface area contributed by atoms with E-state index in [1.807, 2.05) is 24.5 Å². The topological polar surface area (TPSA) is 16.8 Å². The third kappa shape index (κ3) is 2.97. The van der Waals surface area contributed by atoms with E-state index in [9.17, 15) is 0 Å². The van der Waals surface area contributed by atoms with Gasteiger partial charge in [-0.25, -0.2) is 4.98 Å². The van der Waals surface area contributed by atoms with Crippen molar-refractivity contribution in [1.82, 2.24) is 4.98 Å². The molecule has 0 N–H and O–H groups in total. The number of aromatic nitrogens is 2. The van der Waals surface area contributed by atoms with Crippen molar-refractivity contribution in [2.45, 2.75) is 6.54 Å². The first-order chi connectivity index (χ1) is 11.4. The number of rotatable bonds is 3. The SMILES string of the molecule is c1ccc(C[n+]2ccnc(-c3cc4cccccc-4c3)c2)cc1. The maximum absolute atomic E-state index is 4.54. The molecule has 1 heterocycles. The molecule has 0 unspecified atom stereocenters. The largest absolute Gasteiger partial charge is 0.244 e. The van der Waals surface area contributed by atoms with E-state index < -0.39 is 0 Å². The van der Waals surface area contributed by atoms with Crippen LogP contribution >= 0.6 is 0 Å². The quantitative estimate of drug-likeness (QED) is 0.518. The highest BCUT2D eigenvalue weighted by Gasteiger charge is 2.11. The van der Waals surface area contributed by atoms with Gasteiger partial charge in [0.05, 0.1) is 6.20 Å². The Hall–Kier alpha value is -3.00. The van der Waals surface area contributed by atoms with Gasteiger partial charge in [0, 0.05) is 11.1 Å². The molecule has 2 aliphatic rings. The second-order valence-corrected chi connectivity index (χ2v) is 5.66. The molecule has 1 aromatic carbocycles. The smallest absolute Gasteiger partial charge is 0.195 e. The van der Waals surface area contributed by atoms with Crippen LogP contribution < -0.4 is 4.57 Å². The highest BCUT2D eigenvalue weighted by Crippen LogP contribution is 2.29. The highest BCUT2D eigenvalue weighted by atomic mass is 15.0. The Bertz CT molecular complexity index is 869. The van der Waals surface area contributed by atoms with Crippen LogP contribution in [-0.4, -0.2) is 4.98 Å². The minimum atomic E-state index is 0.853. The van der Waals surface area contributed by atoms with Crippen LogP contribution in [0.15, 0.2) is 91.4 Å². The normalized spacial score (nSPS) is 10.8. The Morgan fingerprint density at radius 3 is 2.09 bits per heavy atom. The highest BCUT2D eigenvalue weighted by molar-refractivity contribution is 5.77. The summed E-state index contributed by atoms with van der Waals surface area (Å²) in [5.74, 6) is 0. The van der Waals surface area contributed by atoms with E-state index in [0.717, 1.165) is 17.8 Å². The van der Waals surface area contributed by atoms with Crippen molar-refractivity contribution in [1.29, 1.82) is 0 Å². The van der Waals surface area contributed by atoms with Gasteiger partial charge < -0.3 is 0 Å². The van der Waals surface area contributed by atoms with Gasteiger partial charge in [-0.3, -0.25) is 0 Å². The second-order valence-electron chi connectivity index (χ2n) is 5.66. The number of hydrogen-bond acceptors (Lipinski definition) is 1. The molecule has 2 aromatic rings. The van der Waals surface area contributed by atoms with E-state index in [4.69, 9.17) is 0 Å². The molecule has 4 rings (SSSR count). The minimum Gasteiger partial charge on any atom is -0.244 e. The molecular weight excluding hydrogens is 280 g/mol. The van der Waals surface area contributed by atoms with Crippen molar-refractivity contribution in [3.63, 3.8) is 0 Å². The van der Waals surface area contributed by atoms with Gasteiger partial charge in [-0.2, -0.15) is 4.57 Å². The van der Waals surface area contributed by atoms with E-state index in [1.54, 1.807) is 0 Å². The Morgan fingerprint density at radius 1 is 0.739 bits per heavy atom. The van der Waals surface area contributed by atoms with Gasteiger partial charge in [0.15, 0.2) is 18.9 Å². The van der Waals surface area contributed by atoms with Crippen molar-refractivity contribution in [2.24, 2.45) is 0 Å². The van der Waals surface area contributed by atoms with Gasteiger partial charge in [-0.1, -0.05) is 60.7 Å². The first-order valence-electron chi connectivity index (χ1n) is 7.77. The zero-order valence-electron chi connectivity index (χ0n) is 12.8. The predicted molar refractivity (Wildman–Crippen MR) is 92.0 cm³/mol. The zero-order chi connectivity index (χ0) is 15.5. The molecule has 23 heavy (non-hydrogen) atoms. The molecule has 0 aliphatic heterocycles. The average molecular weight is 297 g/mol. The van der Waals surface area contributed by atoms with Crippen LogP contribution in [-0.2, 0) is 6.54 Å². The maximum atomic E-state index is 4.54. The number of nitrogens with zero attached hydrogens (tertiary/aromatic N) is 2. The second kappa shape index (κ2) is 6.01. The third-order valence-corrected chi connectivity index (χ3v) is 3.99. The molecule has 0 radical (unpaired) electrons. The van der Waals surface area contributed by atoms with Crippen molar-refractivity contribution in [3.8, 4) is 22.4 Å². The Labute approximate surface area is 136 Å². The average Bonchev–Trinajstić information content (AvgIpc) is 2.87. The van der Waals surface area contributed by atoms with Gasteiger partial charge in [-0.15, -0.1) is 0 Å². The van der Waals surface area contributed by atoms with Crippen molar-refractivity contribution in [3.05, 3.63) is 97.0 Å². The lowest BCUT2D eigenvalue weighted by Gasteiger charge is -1.99. The van der Waals surface area contributed by atoms with Crippen LogP contribution in [0, 0.1) is 0 Å². The zero-order valence-corrected chi connectivity index (χ0v) is 12.8. The Balaban J connectivity index is 1.69. The summed E-state index contributed by atoms with van der Waals surface area (Å²) >= 11 is 0. The summed E-state index contributed by atoms with van der Waals surface area (Å²) in [6.45, 7) is 0.853. The van der Waals surface area contributed by atoms with E-state index in [1.165, 1.54) is 16.7 Å². The number of hydrogen-bond donors (Lipinski definition) is 0. The maximum Gasteiger partial charge on any atom is 0.195 e. The molecule has 1 aromatic heterocycles. The first-order valence-corrected chi connectivity index (χ1v) is 7.77. The summed E-state index contributed by atoms with van der Waals surface area (Å²) in [5.41, 5.74) is 5.93. The van der Waals surface area contributed by atoms with Crippen molar-refractivity contribution < 1.29 is 4.57 Å². The molecule has 0 spiro atoms. The summed E-state index contributed by atoms with van der Waals surface area (Å²) in [6, 6.07) is 25.3. The van der Waals surface area contributed by atoms with Crippen LogP contribution in [0.4, 0.5) is 0 Å². The van der Waals surface area contributed by atoms with Gasteiger partial charge in [0.1, 0.15) is 5.69 Å². The lowest BCUT2D eigenvalue weighted by Crippen LogP contribution is -2.33. The van der Waals surface area contributed by atoms with Gasteiger partial charge in [0.2, 0.25) is 0 Å². The molecule has 0 amide bonds. The predicted octanol–water partition coefficient (Wildman–Crippen LogP) is 4.19. The lowest BCUT2D eigenvalue weighted by molar-refractivity contribution is -0.688. The van der Waals surface area contributed by atoms with Gasteiger partial charge in [0.25, 0.3) is 0 Å². The van der Waals surface area contributed by atoms with Crippen LogP contribution in [0.3, 0.4) is 0 Å². The van der Waals surface area contributed by atoms with Crippen molar-refractivity contribution >= 4 is 0 Å². The monoisotopic (exact) mass is 297 g/mol. The van der Waals surface area contributed by atoms with Crippen LogP contribution in [0.5, 0.6) is 0 Å². The summed E-state index contributed by atoms with van der Waals surface area (Å²) in [7, 11) is 0. The van der Waals surface area contributed by atoms with Crippen molar-refractivity contribution in [2.75, 3.05) is 0 Å². The summed E-state index contributed by atoms with van der Waals surface area (Å²) in [5, 5.41) is 0. The lowest BCUT2D eigenvalue weighted by atomic mass is 10.2. The molecule has 2 aliphatic carbocycles. The minimum absolute atomic E-state index is 0.853. The van der Waals surface area contributed by atoms with E-state index in [0.29, 0.717) is 0 Å². The molecule has 0 bridgehead atoms. The Kier molecular flexibility index (Phi) is 3.57. The molecule has 0 atom stereocenters. The van der Waals surface area contributed by atoms with Crippen LogP contribution in [0.25, 0.3) is 22.4 Å². The molecule has 110 valence electrons. The standard InChI is InChI=1S/C21H17N2/c1-3-7-17(8-4-1)15-23-12-11-22-21(16-23)20-13-18-9-5-2-6-10-19(18)14-20/h1-14,16H,15H2/q+1. The van der Waals surface area contributed by atoms with E-state index in [2.05, 4.69) is 76.4 Å². The fraction of sp³-hybridized carbons (Fsp3) is 0.0476. The summed E-state index contributed by atoms with van der Waals surface area (Å²) < 4.78 is 2.18. The van der Waals surface area contributed by atoms with Crippen LogP contribution in [0.2, 0.25) is 0 Å². The third-order valence-electron chi connectivity index (χ3n) is 3.99. The van der Waals surface area contributed by atoms with Gasteiger partial charge >= 0.3 is 0 Å². The molecule has 0 fully saturated rings. The number of fused-ring (bicyclic) bond motifs is 1. The van der Waals surface area contributed by atoms with Gasteiger partial charge in [-0.05, 0) is 23.3 Å². The molecular formula is C21H17N2+. The Morgan fingerprint density at radius 2 is 1.39 bits per heavy atom. The summed E-state index contributed by atoms with van der Waals surface area (Å²) in [6.07, 6.45) is 6.00. The fourth-order valence-electron chi connectivity index (χ4n) is 2.84. The van der Waals surface area contributed by atoms with Crippen LogP contribution in [0.1, 0.15) is 5.56 Å².